The van der Waals surface area contributed by atoms with Gasteiger partial charge in [0.2, 0.25) is 0 Å². The molecular formula is C31H52N2O. The Morgan fingerprint density at radius 3 is 2.18 bits per heavy atom. The van der Waals surface area contributed by atoms with Gasteiger partial charge in [-0.25, -0.2) is 0 Å². The van der Waals surface area contributed by atoms with Gasteiger partial charge in [0.15, 0.2) is 0 Å². The van der Waals surface area contributed by atoms with Crippen LogP contribution in [0.15, 0.2) is 16.2 Å². The minimum Gasteiger partial charge on any atom is -0.393 e. The van der Waals surface area contributed by atoms with Gasteiger partial charge < -0.3 is 10.9 Å². The molecule has 5 aliphatic rings. The van der Waals surface area contributed by atoms with E-state index in [0.29, 0.717) is 22.2 Å². The number of fused-ring (bicyclic) bond motifs is 6. The Morgan fingerprint density at radius 2 is 1.50 bits per heavy atom. The molecule has 0 spiro atoms. The summed E-state index contributed by atoms with van der Waals surface area (Å²) in [7, 11) is 0. The Morgan fingerprint density at radius 1 is 0.824 bits per heavy atom. The van der Waals surface area contributed by atoms with Crippen molar-refractivity contribution in [2.75, 3.05) is 0 Å². The highest BCUT2D eigenvalue weighted by Gasteiger charge is 2.66. The predicted octanol–water partition coefficient (Wildman–Crippen LogP) is 7.63. The van der Waals surface area contributed by atoms with E-state index in [0.717, 1.165) is 18.1 Å². The van der Waals surface area contributed by atoms with Gasteiger partial charge in [-0.15, -0.1) is 0 Å². The molecule has 0 heterocycles. The molecule has 34 heavy (non-hydrogen) atoms. The van der Waals surface area contributed by atoms with Gasteiger partial charge in [-0.3, -0.25) is 0 Å². The van der Waals surface area contributed by atoms with Crippen LogP contribution in [0.3, 0.4) is 0 Å². The smallest absolute Gasteiger partial charge is 0.0594 e. The lowest BCUT2D eigenvalue weighted by molar-refractivity contribution is -0.149. The van der Waals surface area contributed by atoms with Gasteiger partial charge in [-0.1, -0.05) is 59.6 Å². The van der Waals surface area contributed by atoms with Gasteiger partial charge in [0.25, 0.3) is 0 Å². The van der Waals surface area contributed by atoms with Crippen LogP contribution >= 0.6 is 0 Å². The zero-order valence-electron chi connectivity index (χ0n) is 23.5. The van der Waals surface area contributed by atoms with Crippen molar-refractivity contribution >= 4 is 5.71 Å². The maximum absolute atomic E-state index is 10.9. The predicted molar refractivity (Wildman–Crippen MR) is 142 cm³/mol. The second kappa shape index (κ2) is 7.36. The van der Waals surface area contributed by atoms with E-state index < -0.39 is 0 Å². The maximum Gasteiger partial charge on any atom is 0.0594 e. The van der Waals surface area contributed by atoms with Crippen molar-refractivity contribution in [3.05, 3.63) is 11.1 Å². The SMILES string of the molecule is C/C(=N\N)[C@]1(C)CC[C@]2(C)CC[C@]3(C)C4=C(CC[C@@]3(C)[C@@H]2C1)[C@@]1(C)CC[C@H](O)C(C)(C)C1CC4. The highest BCUT2D eigenvalue weighted by atomic mass is 16.3. The van der Waals surface area contributed by atoms with Gasteiger partial charge in [0, 0.05) is 11.1 Å². The molecule has 0 radical (unpaired) electrons. The van der Waals surface area contributed by atoms with Crippen LogP contribution in [0.1, 0.15) is 126 Å². The average molecular weight is 469 g/mol. The van der Waals surface area contributed by atoms with Crippen molar-refractivity contribution in [2.45, 2.75) is 132 Å². The molecule has 5 rings (SSSR count). The van der Waals surface area contributed by atoms with Gasteiger partial charge in [0.05, 0.1) is 6.10 Å². The van der Waals surface area contributed by atoms with Gasteiger partial charge in [0.1, 0.15) is 0 Å². The molecule has 0 aliphatic heterocycles. The highest BCUT2D eigenvalue weighted by Crippen LogP contribution is 2.75. The second-order valence-corrected chi connectivity index (χ2v) is 15.3. The molecule has 192 valence electrons. The molecule has 3 fully saturated rings. The van der Waals surface area contributed by atoms with Crippen molar-refractivity contribution in [2.24, 2.45) is 55.3 Å². The third kappa shape index (κ3) is 2.94. The fourth-order valence-electron chi connectivity index (χ4n) is 10.8. The number of allylic oxidation sites excluding steroid dienone is 2. The quantitative estimate of drug-likeness (QED) is 0.180. The summed E-state index contributed by atoms with van der Waals surface area (Å²) in [6.45, 7) is 19.8. The summed E-state index contributed by atoms with van der Waals surface area (Å²) in [5, 5.41) is 15.1. The van der Waals surface area contributed by atoms with E-state index in [1.807, 2.05) is 11.1 Å². The van der Waals surface area contributed by atoms with E-state index in [2.05, 4.69) is 60.5 Å². The molecule has 8 atom stereocenters. The van der Waals surface area contributed by atoms with E-state index in [9.17, 15) is 5.11 Å². The molecule has 0 aromatic heterocycles. The number of nitrogens with two attached hydrogens (primary N) is 1. The first-order valence-electron chi connectivity index (χ1n) is 14.3. The van der Waals surface area contributed by atoms with E-state index in [4.69, 9.17) is 5.84 Å². The van der Waals surface area contributed by atoms with Crippen molar-refractivity contribution in [1.82, 2.24) is 0 Å². The van der Waals surface area contributed by atoms with Crippen LogP contribution in [0.25, 0.3) is 0 Å². The second-order valence-electron chi connectivity index (χ2n) is 15.3. The zero-order valence-corrected chi connectivity index (χ0v) is 23.5. The average Bonchev–Trinajstić information content (AvgIpc) is 2.78. The Bertz CT molecular complexity index is 934. The van der Waals surface area contributed by atoms with E-state index in [1.165, 1.54) is 64.2 Å². The van der Waals surface area contributed by atoms with E-state index in [1.54, 1.807) is 0 Å². The van der Waals surface area contributed by atoms with Gasteiger partial charge in [-0.05, 0) is 116 Å². The zero-order chi connectivity index (χ0) is 24.9. The Balaban J connectivity index is 1.58. The minimum absolute atomic E-state index is 0.0165. The summed E-state index contributed by atoms with van der Waals surface area (Å²) in [5.41, 5.74) is 6.33. The van der Waals surface area contributed by atoms with Crippen molar-refractivity contribution in [1.29, 1.82) is 0 Å². The number of rotatable bonds is 1. The number of hydrogen-bond acceptors (Lipinski definition) is 3. The first kappa shape index (κ1) is 24.8. The number of nitrogens with zero attached hydrogens (tertiary/aromatic N) is 1. The summed E-state index contributed by atoms with van der Waals surface area (Å²) in [5.74, 6) is 7.16. The third-order valence-electron chi connectivity index (χ3n) is 13.8. The molecule has 3 N–H and O–H groups in total. The Kier molecular flexibility index (Phi) is 5.38. The first-order valence-corrected chi connectivity index (χ1v) is 14.3. The Hall–Kier alpha value is -0.830. The van der Waals surface area contributed by atoms with Crippen LogP contribution < -0.4 is 5.84 Å². The largest absolute Gasteiger partial charge is 0.393 e. The van der Waals surface area contributed by atoms with Crippen molar-refractivity contribution in [3.8, 4) is 0 Å². The van der Waals surface area contributed by atoms with Crippen molar-refractivity contribution < 1.29 is 5.11 Å². The fraction of sp³-hybridized carbons (Fsp3) is 0.903. The molecule has 1 unspecified atom stereocenters. The van der Waals surface area contributed by atoms with Gasteiger partial charge in [-0.2, -0.15) is 5.10 Å². The fourth-order valence-corrected chi connectivity index (χ4v) is 10.8. The summed E-state index contributed by atoms with van der Waals surface area (Å²) >= 11 is 0. The molecule has 0 bridgehead atoms. The topological polar surface area (TPSA) is 58.6 Å². The lowest BCUT2D eigenvalue weighted by Crippen LogP contribution is -2.61. The molecule has 0 aromatic carbocycles. The summed E-state index contributed by atoms with van der Waals surface area (Å²) < 4.78 is 0. The third-order valence-corrected chi connectivity index (χ3v) is 13.8. The molecule has 0 saturated heterocycles. The molecular weight excluding hydrogens is 416 g/mol. The van der Waals surface area contributed by atoms with Crippen LogP contribution in [0, 0.1) is 44.3 Å². The molecule has 3 saturated carbocycles. The van der Waals surface area contributed by atoms with Crippen LogP contribution in [0.5, 0.6) is 0 Å². The standard InChI is InChI=1S/C31H52N2O/c1-20(33-32)28(5)16-15-27(4)17-18-30(7)22-9-10-23-26(2,3)25(34)12-13-29(23,6)21(22)11-14-31(30,8)24(27)19-28/h23-25,34H,9-19,32H2,1-8H3/b33-20+/t23?,24-,25+,27-,28-,29-,30-,31+/m1/s1. The molecule has 5 aliphatic carbocycles. The van der Waals surface area contributed by atoms with E-state index >= 15 is 0 Å². The van der Waals surface area contributed by atoms with E-state index in [-0.39, 0.29) is 22.3 Å². The number of aliphatic hydroxyl groups is 1. The van der Waals surface area contributed by atoms with Crippen LogP contribution in [-0.2, 0) is 0 Å². The molecule has 3 nitrogen and oxygen atoms in total. The summed E-state index contributed by atoms with van der Waals surface area (Å²) in [4.78, 5) is 0. The number of hydrazone groups is 1. The lowest BCUT2D eigenvalue weighted by Gasteiger charge is -2.69. The maximum atomic E-state index is 10.9. The minimum atomic E-state index is -0.153. The molecule has 3 heteroatoms. The number of hydrogen-bond donors (Lipinski definition) is 2. The summed E-state index contributed by atoms with van der Waals surface area (Å²) in [6.07, 6.45) is 13.6. The number of aliphatic hydroxyl groups excluding tert-OH is 1. The summed E-state index contributed by atoms with van der Waals surface area (Å²) in [6, 6.07) is 0. The molecule has 0 aromatic rings. The molecule has 0 amide bonds. The monoisotopic (exact) mass is 468 g/mol. The van der Waals surface area contributed by atoms with Crippen LogP contribution in [0.2, 0.25) is 0 Å². The highest BCUT2D eigenvalue weighted by molar-refractivity contribution is 5.87. The first-order chi connectivity index (χ1) is 15.7. The normalized spacial score (nSPS) is 52.9. The van der Waals surface area contributed by atoms with Gasteiger partial charge >= 0.3 is 0 Å². The Labute approximate surface area is 209 Å². The van der Waals surface area contributed by atoms with Crippen LogP contribution in [0.4, 0.5) is 0 Å². The van der Waals surface area contributed by atoms with Crippen LogP contribution in [-0.4, -0.2) is 16.9 Å². The van der Waals surface area contributed by atoms with Crippen molar-refractivity contribution in [3.63, 3.8) is 0 Å². The lowest BCUT2D eigenvalue weighted by atomic mass is 9.35.